The molecule has 1 unspecified atom stereocenters. The summed E-state index contributed by atoms with van der Waals surface area (Å²) in [5, 5.41) is 13.1. The van der Waals surface area contributed by atoms with Crippen LogP contribution in [0.25, 0.3) is 0 Å². The number of nitrogens with zero attached hydrogens (tertiary/aromatic N) is 1. The van der Waals surface area contributed by atoms with Crippen LogP contribution in [0, 0.1) is 18.3 Å². The molecule has 1 atom stereocenters. The molecule has 1 aliphatic rings. The molecule has 100 valence electrons. The molecule has 0 heterocycles. The topological polar surface area (TPSA) is 35.8 Å². The number of nitriles is 1. The van der Waals surface area contributed by atoms with E-state index in [0.717, 1.165) is 18.5 Å². The number of aryl methyl sites for hydroxylation is 2. The van der Waals surface area contributed by atoms with Gasteiger partial charge in [-0.25, -0.2) is 0 Å². The fraction of sp³-hybridized carbons (Fsp3) is 0.235. The molecule has 3 heteroatoms. The molecule has 0 aliphatic heterocycles. The molecule has 0 saturated heterocycles. The van der Waals surface area contributed by atoms with Gasteiger partial charge in [0, 0.05) is 0 Å². The molecule has 2 aromatic carbocycles. The second-order valence-corrected chi connectivity index (χ2v) is 5.65. The predicted molar refractivity (Wildman–Crippen MR) is 82.0 cm³/mol. The molecular formula is C17H15ClN2. The fourth-order valence-corrected chi connectivity index (χ4v) is 2.94. The van der Waals surface area contributed by atoms with Crippen LogP contribution >= 0.6 is 11.6 Å². The van der Waals surface area contributed by atoms with Crippen molar-refractivity contribution in [2.45, 2.75) is 25.8 Å². The summed E-state index contributed by atoms with van der Waals surface area (Å²) in [6.45, 7) is 2.11. The van der Waals surface area contributed by atoms with Crippen LogP contribution in [0.4, 0.5) is 5.69 Å². The van der Waals surface area contributed by atoms with E-state index in [1.807, 2.05) is 6.07 Å². The Bertz CT molecular complexity index is 701. The summed E-state index contributed by atoms with van der Waals surface area (Å²) in [5.74, 6) is 0. The van der Waals surface area contributed by atoms with Crippen molar-refractivity contribution in [1.29, 1.82) is 5.26 Å². The number of rotatable bonds is 2. The number of anilines is 1. The van der Waals surface area contributed by atoms with Crippen molar-refractivity contribution >= 4 is 17.3 Å². The standard InChI is InChI=1S/C17H15ClN2/c1-11-2-4-13-5-7-16(14(13)8-11)20-17-9-12(10-19)3-6-15(17)18/h2-4,6,8-9,16,20H,5,7H2,1H3. The fourth-order valence-electron chi connectivity index (χ4n) is 2.76. The van der Waals surface area contributed by atoms with Gasteiger partial charge in [0.25, 0.3) is 0 Å². The molecule has 1 aliphatic carbocycles. The zero-order valence-electron chi connectivity index (χ0n) is 11.3. The maximum atomic E-state index is 8.99. The van der Waals surface area contributed by atoms with Gasteiger partial charge in [-0.1, -0.05) is 35.4 Å². The first kappa shape index (κ1) is 13.0. The number of benzene rings is 2. The summed E-state index contributed by atoms with van der Waals surface area (Å²) in [6, 6.07) is 14.4. The highest BCUT2D eigenvalue weighted by Crippen LogP contribution is 2.36. The minimum atomic E-state index is 0.274. The van der Waals surface area contributed by atoms with E-state index >= 15 is 0 Å². The minimum Gasteiger partial charge on any atom is -0.377 e. The van der Waals surface area contributed by atoms with Gasteiger partial charge in [-0.15, -0.1) is 0 Å². The predicted octanol–water partition coefficient (Wildman–Crippen LogP) is 4.62. The van der Waals surface area contributed by atoms with Crippen LogP contribution in [0.2, 0.25) is 5.02 Å². The molecular weight excluding hydrogens is 268 g/mol. The molecule has 0 amide bonds. The molecule has 2 aromatic rings. The van der Waals surface area contributed by atoms with Crippen LogP contribution in [-0.2, 0) is 6.42 Å². The van der Waals surface area contributed by atoms with E-state index in [1.54, 1.807) is 12.1 Å². The van der Waals surface area contributed by atoms with Gasteiger partial charge in [-0.3, -0.25) is 0 Å². The van der Waals surface area contributed by atoms with Crippen LogP contribution in [-0.4, -0.2) is 0 Å². The Morgan fingerprint density at radius 1 is 1.25 bits per heavy atom. The molecule has 0 bridgehead atoms. The highest BCUT2D eigenvalue weighted by Gasteiger charge is 2.22. The van der Waals surface area contributed by atoms with Crippen molar-refractivity contribution in [1.82, 2.24) is 0 Å². The van der Waals surface area contributed by atoms with Crippen molar-refractivity contribution in [2.75, 3.05) is 5.32 Å². The Labute approximate surface area is 124 Å². The third-order valence-corrected chi connectivity index (χ3v) is 4.13. The smallest absolute Gasteiger partial charge is 0.0992 e. The number of nitrogens with one attached hydrogen (secondary N) is 1. The van der Waals surface area contributed by atoms with E-state index < -0.39 is 0 Å². The average molecular weight is 283 g/mol. The highest BCUT2D eigenvalue weighted by atomic mass is 35.5. The third-order valence-electron chi connectivity index (χ3n) is 3.80. The molecule has 3 rings (SSSR count). The minimum absolute atomic E-state index is 0.274. The van der Waals surface area contributed by atoms with Gasteiger partial charge in [0.2, 0.25) is 0 Å². The van der Waals surface area contributed by atoms with Crippen LogP contribution in [0.5, 0.6) is 0 Å². The summed E-state index contributed by atoms with van der Waals surface area (Å²) in [5.41, 5.74) is 5.49. The first-order valence-corrected chi connectivity index (χ1v) is 7.11. The Hall–Kier alpha value is -1.98. The molecule has 0 aromatic heterocycles. The maximum absolute atomic E-state index is 8.99. The van der Waals surface area contributed by atoms with Crippen molar-refractivity contribution in [3.63, 3.8) is 0 Å². The van der Waals surface area contributed by atoms with Crippen LogP contribution in [0.15, 0.2) is 36.4 Å². The van der Waals surface area contributed by atoms with E-state index in [0.29, 0.717) is 10.6 Å². The zero-order valence-corrected chi connectivity index (χ0v) is 12.0. The largest absolute Gasteiger partial charge is 0.377 e. The molecule has 0 fully saturated rings. The quantitative estimate of drug-likeness (QED) is 0.872. The van der Waals surface area contributed by atoms with Gasteiger partial charge >= 0.3 is 0 Å². The number of fused-ring (bicyclic) bond motifs is 1. The summed E-state index contributed by atoms with van der Waals surface area (Å²) in [7, 11) is 0. The molecule has 0 saturated carbocycles. The molecule has 2 nitrogen and oxygen atoms in total. The molecule has 0 spiro atoms. The SMILES string of the molecule is Cc1ccc2c(c1)C(Nc1cc(C#N)ccc1Cl)CC2. The van der Waals surface area contributed by atoms with Crippen LogP contribution < -0.4 is 5.32 Å². The Morgan fingerprint density at radius 2 is 2.10 bits per heavy atom. The Kier molecular flexibility index (Phi) is 3.38. The first-order valence-electron chi connectivity index (χ1n) is 6.73. The van der Waals surface area contributed by atoms with Gasteiger partial charge in [-0.2, -0.15) is 5.26 Å². The van der Waals surface area contributed by atoms with E-state index in [2.05, 4.69) is 36.5 Å². The molecule has 20 heavy (non-hydrogen) atoms. The van der Waals surface area contributed by atoms with Gasteiger partial charge in [0.15, 0.2) is 0 Å². The lowest BCUT2D eigenvalue weighted by Crippen LogP contribution is -2.07. The maximum Gasteiger partial charge on any atom is 0.0992 e. The third kappa shape index (κ3) is 2.37. The summed E-state index contributed by atoms with van der Waals surface area (Å²) in [4.78, 5) is 0. The second kappa shape index (κ2) is 5.19. The zero-order chi connectivity index (χ0) is 14.1. The Morgan fingerprint density at radius 3 is 2.90 bits per heavy atom. The van der Waals surface area contributed by atoms with Gasteiger partial charge < -0.3 is 5.32 Å². The lowest BCUT2D eigenvalue weighted by atomic mass is 10.0. The summed E-state index contributed by atoms with van der Waals surface area (Å²) >= 11 is 6.22. The van der Waals surface area contributed by atoms with Crippen molar-refractivity contribution in [3.05, 3.63) is 63.7 Å². The van der Waals surface area contributed by atoms with E-state index in [9.17, 15) is 0 Å². The number of halogens is 1. The monoisotopic (exact) mass is 282 g/mol. The normalized spacial score (nSPS) is 16.6. The number of hydrogen-bond donors (Lipinski definition) is 1. The van der Waals surface area contributed by atoms with E-state index in [4.69, 9.17) is 16.9 Å². The second-order valence-electron chi connectivity index (χ2n) is 5.24. The summed E-state index contributed by atoms with van der Waals surface area (Å²) in [6.07, 6.45) is 2.15. The van der Waals surface area contributed by atoms with Crippen LogP contribution in [0.1, 0.15) is 34.7 Å². The average Bonchev–Trinajstić information content (AvgIpc) is 2.84. The van der Waals surface area contributed by atoms with Gasteiger partial charge in [-0.05, 0) is 49.1 Å². The van der Waals surface area contributed by atoms with Crippen LogP contribution in [0.3, 0.4) is 0 Å². The van der Waals surface area contributed by atoms with E-state index in [-0.39, 0.29) is 6.04 Å². The molecule has 0 radical (unpaired) electrons. The number of hydrogen-bond acceptors (Lipinski definition) is 2. The van der Waals surface area contributed by atoms with Crippen molar-refractivity contribution in [3.8, 4) is 6.07 Å². The van der Waals surface area contributed by atoms with Gasteiger partial charge in [0.1, 0.15) is 0 Å². The summed E-state index contributed by atoms with van der Waals surface area (Å²) < 4.78 is 0. The van der Waals surface area contributed by atoms with Gasteiger partial charge in [0.05, 0.1) is 28.4 Å². The van der Waals surface area contributed by atoms with E-state index in [1.165, 1.54) is 16.7 Å². The van der Waals surface area contributed by atoms with Crippen molar-refractivity contribution < 1.29 is 0 Å². The first-order chi connectivity index (χ1) is 9.67. The van der Waals surface area contributed by atoms with Crippen molar-refractivity contribution in [2.24, 2.45) is 0 Å². The Balaban J connectivity index is 1.91. The lowest BCUT2D eigenvalue weighted by molar-refractivity contribution is 0.762. The highest BCUT2D eigenvalue weighted by molar-refractivity contribution is 6.33. The lowest BCUT2D eigenvalue weighted by Gasteiger charge is -2.17. The molecule has 1 N–H and O–H groups in total.